The van der Waals surface area contributed by atoms with E-state index >= 15 is 0 Å². The highest BCUT2D eigenvalue weighted by Crippen LogP contribution is 2.22. The molecule has 1 aliphatic rings. The van der Waals surface area contributed by atoms with E-state index in [1.54, 1.807) is 9.58 Å². The quantitative estimate of drug-likeness (QED) is 0.868. The third kappa shape index (κ3) is 2.58. The average molecular weight is 266 g/mol. The minimum Gasteiger partial charge on any atom is -0.395 e. The highest BCUT2D eigenvalue weighted by atomic mass is 16.5. The van der Waals surface area contributed by atoms with Gasteiger partial charge >= 0.3 is 0 Å². The monoisotopic (exact) mass is 266 g/mol. The van der Waals surface area contributed by atoms with Crippen LogP contribution in [0.1, 0.15) is 37.0 Å². The number of nitrogens with zero attached hydrogens (tertiary/aromatic N) is 3. The van der Waals surface area contributed by atoms with E-state index in [2.05, 4.69) is 5.10 Å². The van der Waals surface area contributed by atoms with Crippen LogP contribution in [-0.2, 0) is 11.3 Å². The van der Waals surface area contributed by atoms with Crippen molar-refractivity contribution < 1.29 is 9.53 Å². The van der Waals surface area contributed by atoms with Crippen LogP contribution >= 0.6 is 0 Å². The minimum atomic E-state index is -0.311. The van der Waals surface area contributed by atoms with Gasteiger partial charge in [-0.2, -0.15) is 5.10 Å². The Morgan fingerprint density at radius 3 is 2.79 bits per heavy atom. The molecular weight excluding hydrogens is 244 g/mol. The number of hydrogen-bond acceptors (Lipinski definition) is 4. The van der Waals surface area contributed by atoms with E-state index in [1.165, 1.54) is 0 Å². The first kappa shape index (κ1) is 13.9. The molecule has 1 aliphatic heterocycles. The lowest BCUT2D eigenvalue weighted by atomic mass is 10.1. The first-order valence-corrected chi connectivity index (χ1v) is 6.62. The maximum atomic E-state index is 12.6. The van der Waals surface area contributed by atoms with Crippen molar-refractivity contribution in [2.24, 2.45) is 0 Å². The zero-order valence-electron chi connectivity index (χ0n) is 12.1. The number of aryl methyl sites for hydroxylation is 2. The molecule has 0 unspecified atom stereocenters. The van der Waals surface area contributed by atoms with Gasteiger partial charge in [0.1, 0.15) is 5.69 Å². The van der Waals surface area contributed by atoms with Crippen molar-refractivity contribution in [1.29, 1.82) is 0 Å². The molecule has 1 fully saturated rings. The van der Waals surface area contributed by atoms with Crippen LogP contribution in [0, 0.1) is 6.92 Å². The number of nitrogens with two attached hydrogens (primary N) is 1. The van der Waals surface area contributed by atoms with Crippen LogP contribution in [0.4, 0.5) is 5.69 Å². The highest BCUT2D eigenvalue weighted by molar-refractivity contribution is 5.98. The lowest BCUT2D eigenvalue weighted by Gasteiger charge is -2.38. The van der Waals surface area contributed by atoms with Gasteiger partial charge in [0, 0.05) is 19.6 Å². The number of hydrogen-bond donors (Lipinski definition) is 1. The normalized spacial score (nSPS) is 18.6. The second kappa shape index (κ2) is 4.85. The largest absolute Gasteiger partial charge is 0.395 e. The van der Waals surface area contributed by atoms with E-state index in [1.807, 2.05) is 27.7 Å². The van der Waals surface area contributed by atoms with Crippen molar-refractivity contribution in [3.8, 4) is 0 Å². The van der Waals surface area contributed by atoms with Crippen molar-refractivity contribution in [1.82, 2.24) is 14.7 Å². The fourth-order valence-electron chi connectivity index (χ4n) is 2.39. The first-order valence-electron chi connectivity index (χ1n) is 6.62. The first-order chi connectivity index (χ1) is 8.85. The summed E-state index contributed by atoms with van der Waals surface area (Å²) in [5, 5.41) is 4.29. The van der Waals surface area contributed by atoms with Gasteiger partial charge in [0.25, 0.3) is 5.91 Å². The molecule has 19 heavy (non-hydrogen) atoms. The summed E-state index contributed by atoms with van der Waals surface area (Å²) in [7, 11) is 0. The van der Waals surface area contributed by atoms with Crippen LogP contribution in [0.5, 0.6) is 0 Å². The molecule has 0 aromatic carbocycles. The predicted octanol–water partition coefficient (Wildman–Crippen LogP) is 1.04. The van der Waals surface area contributed by atoms with E-state index in [-0.39, 0.29) is 11.5 Å². The van der Waals surface area contributed by atoms with Crippen molar-refractivity contribution in [2.45, 2.75) is 39.8 Å². The molecule has 1 amide bonds. The van der Waals surface area contributed by atoms with Crippen LogP contribution in [-0.4, -0.2) is 45.9 Å². The Kier molecular flexibility index (Phi) is 3.54. The standard InChI is InChI=1S/C13H22N4O2/c1-5-17-11(10(14)9(2)15-17)12(18)16-6-7-19-13(3,4)8-16/h5-8,14H2,1-4H3. The number of amides is 1. The van der Waals surface area contributed by atoms with Gasteiger partial charge in [-0.25, -0.2) is 0 Å². The summed E-state index contributed by atoms with van der Waals surface area (Å²) < 4.78 is 7.30. The van der Waals surface area contributed by atoms with Gasteiger partial charge in [-0.05, 0) is 27.7 Å². The van der Waals surface area contributed by atoms with Crippen molar-refractivity contribution in [3.63, 3.8) is 0 Å². The number of rotatable bonds is 2. The van der Waals surface area contributed by atoms with Gasteiger partial charge in [0.15, 0.2) is 0 Å². The van der Waals surface area contributed by atoms with Crippen LogP contribution in [0.25, 0.3) is 0 Å². The summed E-state index contributed by atoms with van der Waals surface area (Å²) in [6, 6.07) is 0. The molecule has 106 valence electrons. The van der Waals surface area contributed by atoms with Crippen LogP contribution in [0.2, 0.25) is 0 Å². The van der Waals surface area contributed by atoms with Gasteiger partial charge in [-0.15, -0.1) is 0 Å². The molecule has 0 spiro atoms. The number of ether oxygens (including phenoxy) is 1. The molecule has 0 bridgehead atoms. The lowest BCUT2D eigenvalue weighted by molar-refractivity contribution is -0.0765. The number of anilines is 1. The molecular formula is C13H22N4O2. The van der Waals surface area contributed by atoms with E-state index in [9.17, 15) is 4.79 Å². The fourth-order valence-corrected chi connectivity index (χ4v) is 2.39. The van der Waals surface area contributed by atoms with E-state index in [0.29, 0.717) is 43.3 Å². The third-order valence-corrected chi connectivity index (χ3v) is 3.39. The molecule has 0 aliphatic carbocycles. The predicted molar refractivity (Wildman–Crippen MR) is 73.0 cm³/mol. The Labute approximate surface area is 113 Å². The summed E-state index contributed by atoms with van der Waals surface area (Å²) in [6.07, 6.45) is 0. The molecule has 6 nitrogen and oxygen atoms in total. The highest BCUT2D eigenvalue weighted by Gasteiger charge is 2.32. The van der Waals surface area contributed by atoms with E-state index in [4.69, 9.17) is 10.5 Å². The van der Waals surface area contributed by atoms with Gasteiger partial charge < -0.3 is 15.4 Å². The smallest absolute Gasteiger partial charge is 0.274 e. The number of aromatic nitrogens is 2. The van der Waals surface area contributed by atoms with Gasteiger partial charge in [0.2, 0.25) is 0 Å². The molecule has 0 atom stereocenters. The number of morpholine rings is 1. The van der Waals surface area contributed by atoms with Crippen LogP contribution in [0.15, 0.2) is 0 Å². The number of carbonyl (C=O) groups is 1. The Balaban J connectivity index is 2.29. The maximum absolute atomic E-state index is 12.6. The second-order valence-electron chi connectivity index (χ2n) is 5.50. The SMILES string of the molecule is CCn1nc(C)c(N)c1C(=O)N1CCOC(C)(C)C1. The molecule has 6 heteroatoms. The maximum Gasteiger partial charge on any atom is 0.274 e. The summed E-state index contributed by atoms with van der Waals surface area (Å²) in [5.74, 6) is -0.0590. The van der Waals surface area contributed by atoms with Crippen LogP contribution in [0.3, 0.4) is 0 Å². The molecule has 0 radical (unpaired) electrons. The molecule has 1 aromatic rings. The Morgan fingerprint density at radius 2 is 2.21 bits per heavy atom. The summed E-state index contributed by atoms with van der Waals surface area (Å²) >= 11 is 0. The second-order valence-corrected chi connectivity index (χ2v) is 5.50. The molecule has 0 saturated carbocycles. The number of carbonyl (C=O) groups excluding carboxylic acids is 1. The topological polar surface area (TPSA) is 73.4 Å². The third-order valence-electron chi connectivity index (χ3n) is 3.39. The van der Waals surface area contributed by atoms with E-state index < -0.39 is 0 Å². The fraction of sp³-hybridized carbons (Fsp3) is 0.692. The Morgan fingerprint density at radius 1 is 1.53 bits per heavy atom. The lowest BCUT2D eigenvalue weighted by Crippen LogP contribution is -2.51. The van der Waals surface area contributed by atoms with Gasteiger partial charge in [-0.1, -0.05) is 0 Å². The molecule has 2 N–H and O–H groups in total. The molecule has 2 rings (SSSR count). The van der Waals surface area contributed by atoms with Crippen molar-refractivity contribution in [2.75, 3.05) is 25.4 Å². The zero-order chi connectivity index (χ0) is 14.2. The molecule has 1 aromatic heterocycles. The van der Waals surface area contributed by atoms with Crippen molar-refractivity contribution >= 4 is 11.6 Å². The minimum absolute atomic E-state index is 0.0590. The number of nitrogen functional groups attached to an aromatic ring is 1. The molecule has 2 heterocycles. The van der Waals surface area contributed by atoms with E-state index in [0.717, 1.165) is 0 Å². The van der Waals surface area contributed by atoms with Gasteiger partial charge in [0.05, 0.1) is 23.6 Å². The Hall–Kier alpha value is -1.56. The summed E-state index contributed by atoms with van der Waals surface area (Å²) in [6.45, 7) is 10.1. The van der Waals surface area contributed by atoms with Crippen molar-refractivity contribution in [3.05, 3.63) is 11.4 Å². The zero-order valence-corrected chi connectivity index (χ0v) is 12.1. The molecule has 1 saturated heterocycles. The summed E-state index contributed by atoms with van der Waals surface area (Å²) in [4.78, 5) is 14.4. The summed E-state index contributed by atoms with van der Waals surface area (Å²) in [5.41, 5.74) is 7.37. The Bertz CT molecular complexity index is 493. The van der Waals surface area contributed by atoms with Crippen LogP contribution < -0.4 is 5.73 Å². The van der Waals surface area contributed by atoms with Gasteiger partial charge in [-0.3, -0.25) is 9.48 Å². The average Bonchev–Trinajstić information content (AvgIpc) is 2.63.